The summed E-state index contributed by atoms with van der Waals surface area (Å²) in [5.74, 6) is 0.586. The zero-order chi connectivity index (χ0) is 15.3. The van der Waals surface area contributed by atoms with Crippen molar-refractivity contribution in [2.24, 2.45) is 11.5 Å². The fourth-order valence-corrected chi connectivity index (χ4v) is 1.34. The Labute approximate surface area is 114 Å². The van der Waals surface area contributed by atoms with Crippen LogP contribution < -0.4 is 11.5 Å². The molecule has 0 radical (unpaired) electrons. The fraction of sp³-hybridized carbons (Fsp3) is 0.800. The Balaban J connectivity index is 0. The van der Waals surface area contributed by atoms with E-state index in [4.69, 9.17) is 39.8 Å². The van der Waals surface area contributed by atoms with Gasteiger partial charge in [0.1, 0.15) is 0 Å². The van der Waals surface area contributed by atoms with E-state index in [1.807, 2.05) is 0 Å². The number of nitrogens with two attached hydrogens (primary N) is 2. The first-order chi connectivity index (χ1) is 8.63. The van der Waals surface area contributed by atoms with Crippen LogP contribution in [0.1, 0.15) is 51.4 Å². The van der Waals surface area contributed by atoms with Crippen molar-refractivity contribution in [2.75, 3.05) is 0 Å². The Morgan fingerprint density at radius 3 is 1.21 bits per heavy atom. The lowest BCUT2D eigenvalue weighted by Crippen LogP contribution is -2.08. The Kier molecular flexibility index (Phi) is 12.6. The Morgan fingerprint density at radius 1 is 0.789 bits per heavy atom. The van der Waals surface area contributed by atoms with Gasteiger partial charge in [-0.05, 0) is 12.8 Å². The van der Waals surface area contributed by atoms with E-state index in [-0.39, 0.29) is 0 Å². The minimum atomic E-state index is -4.67. The van der Waals surface area contributed by atoms with Gasteiger partial charge in [-0.15, -0.1) is 0 Å². The van der Waals surface area contributed by atoms with Crippen molar-refractivity contribution in [2.45, 2.75) is 51.4 Å². The third-order valence-electron chi connectivity index (χ3n) is 2.14. The lowest BCUT2D eigenvalue weighted by molar-refractivity contribution is 0.381. The molecular weight excluding hydrogens is 272 g/mol. The number of amidine groups is 2. The molecule has 0 aromatic carbocycles. The number of rotatable bonds is 9. The molecule has 0 spiro atoms. The van der Waals surface area contributed by atoms with Gasteiger partial charge in [0.25, 0.3) is 0 Å². The second kappa shape index (κ2) is 11.9. The smallest absolute Gasteiger partial charge is 0.388 e. The van der Waals surface area contributed by atoms with Crippen LogP contribution in [0.15, 0.2) is 0 Å². The van der Waals surface area contributed by atoms with Crippen LogP contribution in [-0.4, -0.2) is 29.2 Å². The zero-order valence-electron chi connectivity index (χ0n) is 10.9. The number of hydrogen-bond acceptors (Lipinski definition) is 4. The van der Waals surface area contributed by atoms with Crippen LogP contribution in [0.5, 0.6) is 0 Å². The summed E-state index contributed by atoms with van der Waals surface area (Å²) < 4.78 is 31.6. The van der Waals surface area contributed by atoms with Crippen molar-refractivity contribution in [3.8, 4) is 0 Å². The topological polar surface area (TPSA) is 174 Å². The molecular formula is C10H24N4O4S. The summed E-state index contributed by atoms with van der Waals surface area (Å²) in [5.41, 5.74) is 10.5. The summed E-state index contributed by atoms with van der Waals surface area (Å²) in [6.45, 7) is 0. The van der Waals surface area contributed by atoms with Crippen molar-refractivity contribution in [3.05, 3.63) is 0 Å². The van der Waals surface area contributed by atoms with E-state index in [2.05, 4.69) is 0 Å². The first-order valence-corrected chi connectivity index (χ1v) is 7.38. The van der Waals surface area contributed by atoms with E-state index in [9.17, 15) is 0 Å². The molecule has 0 heterocycles. The van der Waals surface area contributed by atoms with E-state index in [1.165, 1.54) is 12.8 Å². The Bertz CT molecular complexity index is 329. The molecule has 0 atom stereocenters. The Hall–Kier alpha value is -1.19. The predicted octanol–water partition coefficient (Wildman–Crippen LogP) is 1.33. The standard InChI is InChI=1S/C10H22N4.H2O4S/c11-9(12)7-5-3-1-2-4-6-8-10(13)14;1-5(2,3)4/h1-8H2,(H3,11,12)(H3,13,14);(H2,1,2,3,4). The quantitative estimate of drug-likeness (QED) is 0.162. The molecule has 9 heteroatoms. The van der Waals surface area contributed by atoms with E-state index < -0.39 is 10.4 Å². The van der Waals surface area contributed by atoms with Crippen LogP contribution in [0.4, 0.5) is 0 Å². The van der Waals surface area contributed by atoms with Crippen molar-refractivity contribution in [3.63, 3.8) is 0 Å². The molecule has 0 aliphatic rings. The van der Waals surface area contributed by atoms with Crippen molar-refractivity contribution in [1.29, 1.82) is 10.8 Å². The minimum Gasteiger partial charge on any atom is -0.388 e. The summed E-state index contributed by atoms with van der Waals surface area (Å²) >= 11 is 0. The Morgan fingerprint density at radius 2 is 1.00 bits per heavy atom. The van der Waals surface area contributed by atoms with Gasteiger partial charge >= 0.3 is 10.4 Å². The molecule has 0 saturated carbocycles. The lowest BCUT2D eigenvalue weighted by atomic mass is 10.1. The average Bonchev–Trinajstić information content (AvgIpc) is 2.18. The largest absolute Gasteiger partial charge is 0.394 e. The molecule has 0 fully saturated rings. The normalized spacial score (nSPS) is 10.4. The van der Waals surface area contributed by atoms with E-state index >= 15 is 0 Å². The molecule has 114 valence electrons. The molecule has 0 aromatic heterocycles. The highest BCUT2D eigenvalue weighted by atomic mass is 32.3. The van der Waals surface area contributed by atoms with Crippen LogP contribution in [0.3, 0.4) is 0 Å². The molecule has 0 aromatic rings. The second-order valence-electron chi connectivity index (χ2n) is 4.12. The first-order valence-electron chi connectivity index (χ1n) is 5.98. The van der Waals surface area contributed by atoms with E-state index in [0.29, 0.717) is 11.7 Å². The molecule has 8 N–H and O–H groups in total. The first kappa shape index (κ1) is 20.1. The van der Waals surface area contributed by atoms with Gasteiger partial charge in [-0.1, -0.05) is 25.7 Å². The van der Waals surface area contributed by atoms with Gasteiger partial charge in [0.05, 0.1) is 11.7 Å². The third-order valence-corrected chi connectivity index (χ3v) is 2.14. The highest BCUT2D eigenvalue weighted by Gasteiger charge is 1.94. The summed E-state index contributed by atoms with van der Waals surface area (Å²) in [6, 6.07) is 0. The van der Waals surface area contributed by atoms with Gasteiger partial charge in [0.15, 0.2) is 0 Å². The summed E-state index contributed by atoms with van der Waals surface area (Å²) in [4.78, 5) is 0. The fourth-order valence-electron chi connectivity index (χ4n) is 1.34. The maximum atomic E-state index is 8.74. The predicted molar refractivity (Wildman–Crippen MR) is 74.9 cm³/mol. The molecule has 0 aliphatic carbocycles. The lowest BCUT2D eigenvalue weighted by Gasteiger charge is -2.01. The van der Waals surface area contributed by atoms with Crippen LogP contribution in [0.25, 0.3) is 0 Å². The number of hydrogen-bond donors (Lipinski definition) is 6. The molecule has 0 rings (SSSR count). The number of nitrogens with one attached hydrogen (secondary N) is 2. The van der Waals surface area contributed by atoms with Crippen molar-refractivity contribution in [1.82, 2.24) is 0 Å². The maximum absolute atomic E-state index is 8.74. The summed E-state index contributed by atoms with van der Waals surface area (Å²) in [5, 5.41) is 14.1. The zero-order valence-corrected chi connectivity index (χ0v) is 11.7. The van der Waals surface area contributed by atoms with Crippen LogP contribution in [0.2, 0.25) is 0 Å². The maximum Gasteiger partial charge on any atom is 0.394 e. The molecule has 0 bridgehead atoms. The molecule has 8 nitrogen and oxygen atoms in total. The van der Waals surface area contributed by atoms with Gasteiger partial charge in [0, 0.05) is 12.8 Å². The molecule has 0 unspecified atom stereocenters. The van der Waals surface area contributed by atoms with Gasteiger partial charge in [-0.3, -0.25) is 19.9 Å². The molecule has 0 aliphatic heterocycles. The molecule has 19 heavy (non-hydrogen) atoms. The highest BCUT2D eigenvalue weighted by Crippen LogP contribution is 2.08. The minimum absolute atomic E-state index is 0.293. The monoisotopic (exact) mass is 296 g/mol. The van der Waals surface area contributed by atoms with Crippen LogP contribution >= 0.6 is 0 Å². The van der Waals surface area contributed by atoms with Crippen molar-refractivity contribution >= 4 is 22.1 Å². The number of unbranched alkanes of at least 4 members (excludes halogenated alkanes) is 5. The average molecular weight is 296 g/mol. The van der Waals surface area contributed by atoms with Crippen molar-refractivity contribution < 1.29 is 17.5 Å². The third kappa shape index (κ3) is 38.3. The summed E-state index contributed by atoms with van der Waals surface area (Å²) in [7, 11) is -4.67. The highest BCUT2D eigenvalue weighted by molar-refractivity contribution is 7.79. The van der Waals surface area contributed by atoms with Gasteiger partial charge in [0.2, 0.25) is 0 Å². The van der Waals surface area contributed by atoms with Gasteiger partial charge in [-0.25, -0.2) is 0 Å². The summed E-state index contributed by atoms with van der Waals surface area (Å²) in [6.07, 6.45) is 8.22. The molecule has 0 saturated heterocycles. The second-order valence-corrected chi connectivity index (χ2v) is 5.02. The van der Waals surface area contributed by atoms with Gasteiger partial charge < -0.3 is 11.5 Å². The van der Waals surface area contributed by atoms with Crippen LogP contribution in [0, 0.1) is 10.8 Å². The van der Waals surface area contributed by atoms with Gasteiger partial charge in [-0.2, -0.15) is 8.42 Å². The SMILES string of the molecule is N=C(N)CCCCCCCCC(=N)N.O=S(=O)(O)O. The van der Waals surface area contributed by atoms with E-state index in [1.54, 1.807) is 0 Å². The van der Waals surface area contributed by atoms with E-state index in [0.717, 1.165) is 38.5 Å². The molecule has 0 amide bonds. The van der Waals surface area contributed by atoms with Crippen LogP contribution in [-0.2, 0) is 10.4 Å².